The first-order valence-corrected chi connectivity index (χ1v) is 6.56. The number of hydrogen-bond donors (Lipinski definition) is 2. The summed E-state index contributed by atoms with van der Waals surface area (Å²) in [6.45, 7) is 0.566. The number of rotatable bonds is 4. The lowest BCUT2D eigenvalue weighted by atomic mass is 10.0. The largest absolute Gasteiger partial charge is 0.493 e. The lowest BCUT2D eigenvalue weighted by molar-refractivity contribution is 0.0500. The van der Waals surface area contributed by atoms with E-state index >= 15 is 0 Å². The van der Waals surface area contributed by atoms with E-state index in [9.17, 15) is 8.78 Å². The van der Waals surface area contributed by atoms with Gasteiger partial charge in [0.1, 0.15) is 11.8 Å². The fourth-order valence-electron chi connectivity index (χ4n) is 1.99. The molecule has 1 unspecified atom stereocenters. The highest BCUT2D eigenvalue weighted by Crippen LogP contribution is 2.35. The number of hydrogen-bond acceptors (Lipinski definition) is 3. The first-order valence-electron chi connectivity index (χ1n) is 5.38. The van der Waals surface area contributed by atoms with Crippen molar-refractivity contribution in [1.82, 2.24) is 5.43 Å². The van der Waals surface area contributed by atoms with E-state index in [-0.39, 0.29) is 6.42 Å². The SMILES string of the molecule is NNC(Cc1cc(Br)cc2c1OCC2)C(F)(F)Cl. The third-order valence-electron chi connectivity index (χ3n) is 2.85. The van der Waals surface area contributed by atoms with Crippen LogP contribution in [-0.2, 0) is 12.8 Å². The summed E-state index contributed by atoms with van der Waals surface area (Å²) in [5, 5.41) is -3.41. The van der Waals surface area contributed by atoms with E-state index in [1.165, 1.54) is 0 Å². The van der Waals surface area contributed by atoms with Crippen molar-refractivity contribution in [2.45, 2.75) is 24.3 Å². The molecule has 0 fully saturated rings. The Balaban J connectivity index is 2.29. The molecule has 0 bridgehead atoms. The highest BCUT2D eigenvalue weighted by Gasteiger charge is 2.37. The van der Waals surface area contributed by atoms with E-state index in [4.69, 9.17) is 22.2 Å². The van der Waals surface area contributed by atoms with Gasteiger partial charge in [0.2, 0.25) is 0 Å². The Morgan fingerprint density at radius 1 is 1.56 bits per heavy atom. The highest BCUT2D eigenvalue weighted by molar-refractivity contribution is 9.10. The molecule has 0 spiro atoms. The lowest BCUT2D eigenvalue weighted by Gasteiger charge is -2.21. The lowest BCUT2D eigenvalue weighted by Crippen LogP contribution is -2.47. The maximum Gasteiger partial charge on any atom is 0.338 e. The maximum absolute atomic E-state index is 13.1. The van der Waals surface area contributed by atoms with Crippen molar-refractivity contribution in [3.8, 4) is 5.75 Å². The highest BCUT2D eigenvalue weighted by atomic mass is 79.9. The van der Waals surface area contributed by atoms with Crippen LogP contribution in [0, 0.1) is 0 Å². The third-order valence-corrected chi connectivity index (χ3v) is 3.57. The molecule has 0 radical (unpaired) electrons. The summed E-state index contributed by atoms with van der Waals surface area (Å²) in [4.78, 5) is 0. The van der Waals surface area contributed by atoms with Crippen molar-refractivity contribution in [3.63, 3.8) is 0 Å². The number of alkyl halides is 3. The summed E-state index contributed by atoms with van der Waals surface area (Å²) < 4.78 is 32.5. The molecule has 1 aromatic rings. The molecule has 18 heavy (non-hydrogen) atoms. The second-order valence-corrected chi connectivity index (χ2v) is 5.54. The number of benzene rings is 1. The molecular weight excluding hydrogens is 329 g/mol. The fraction of sp³-hybridized carbons (Fsp3) is 0.455. The zero-order chi connectivity index (χ0) is 13.3. The van der Waals surface area contributed by atoms with Gasteiger partial charge in [-0.3, -0.25) is 5.84 Å². The second kappa shape index (κ2) is 5.28. The van der Waals surface area contributed by atoms with Crippen molar-refractivity contribution >= 4 is 27.5 Å². The van der Waals surface area contributed by atoms with Crippen LogP contribution in [0.3, 0.4) is 0 Å². The Hall–Kier alpha value is -0.430. The number of fused-ring (bicyclic) bond motifs is 1. The van der Waals surface area contributed by atoms with Gasteiger partial charge < -0.3 is 4.74 Å². The van der Waals surface area contributed by atoms with Crippen LogP contribution in [0.5, 0.6) is 5.75 Å². The van der Waals surface area contributed by atoms with Gasteiger partial charge in [0, 0.05) is 10.9 Å². The van der Waals surface area contributed by atoms with E-state index in [0.717, 1.165) is 16.5 Å². The summed E-state index contributed by atoms with van der Waals surface area (Å²) in [5.74, 6) is 5.79. The average molecular weight is 342 g/mol. The van der Waals surface area contributed by atoms with Crippen molar-refractivity contribution in [3.05, 3.63) is 27.7 Å². The average Bonchev–Trinajstić information content (AvgIpc) is 2.71. The van der Waals surface area contributed by atoms with Crippen LogP contribution in [-0.4, -0.2) is 18.0 Å². The molecule has 0 aliphatic carbocycles. The number of nitrogens with one attached hydrogen (secondary N) is 1. The van der Waals surface area contributed by atoms with Gasteiger partial charge in [-0.2, -0.15) is 8.78 Å². The summed E-state index contributed by atoms with van der Waals surface area (Å²) in [5.41, 5.74) is 3.72. The zero-order valence-electron chi connectivity index (χ0n) is 9.35. The van der Waals surface area contributed by atoms with Gasteiger partial charge in [0.15, 0.2) is 0 Å². The Labute approximate surface area is 117 Å². The number of hydrazine groups is 1. The number of nitrogens with two attached hydrogens (primary N) is 1. The molecule has 1 aliphatic heterocycles. The van der Waals surface area contributed by atoms with E-state index in [1.54, 1.807) is 6.07 Å². The summed E-state index contributed by atoms with van der Waals surface area (Å²) in [6, 6.07) is 2.33. The van der Waals surface area contributed by atoms with Gasteiger partial charge in [0.25, 0.3) is 0 Å². The van der Waals surface area contributed by atoms with Crippen LogP contribution in [0.1, 0.15) is 11.1 Å². The number of ether oxygens (including phenoxy) is 1. The zero-order valence-corrected chi connectivity index (χ0v) is 11.7. The quantitative estimate of drug-likeness (QED) is 0.503. The van der Waals surface area contributed by atoms with Gasteiger partial charge in [-0.1, -0.05) is 15.9 Å². The van der Waals surface area contributed by atoms with Crippen LogP contribution in [0.4, 0.5) is 8.78 Å². The molecule has 0 saturated heterocycles. The predicted molar refractivity (Wildman–Crippen MR) is 69.0 cm³/mol. The Kier molecular flexibility index (Phi) is 4.11. The minimum Gasteiger partial charge on any atom is -0.493 e. The van der Waals surface area contributed by atoms with Crippen molar-refractivity contribution in [1.29, 1.82) is 0 Å². The Morgan fingerprint density at radius 2 is 2.28 bits per heavy atom. The Bertz CT molecular complexity index is 453. The summed E-state index contributed by atoms with van der Waals surface area (Å²) >= 11 is 8.36. The van der Waals surface area contributed by atoms with Crippen molar-refractivity contribution in [2.24, 2.45) is 5.84 Å². The van der Waals surface area contributed by atoms with E-state index < -0.39 is 11.4 Å². The van der Waals surface area contributed by atoms with Gasteiger partial charge in [0.05, 0.1) is 6.61 Å². The minimum atomic E-state index is -3.41. The minimum absolute atomic E-state index is 0.00519. The van der Waals surface area contributed by atoms with Crippen LogP contribution < -0.4 is 16.0 Å². The molecule has 1 aromatic carbocycles. The van der Waals surface area contributed by atoms with Crippen LogP contribution in [0.25, 0.3) is 0 Å². The number of halogens is 4. The van der Waals surface area contributed by atoms with Crippen LogP contribution in [0.2, 0.25) is 0 Å². The van der Waals surface area contributed by atoms with E-state index in [0.29, 0.717) is 17.9 Å². The Morgan fingerprint density at radius 3 is 2.89 bits per heavy atom. The first kappa shape index (κ1) is 14.0. The molecule has 1 atom stereocenters. The molecule has 0 aromatic heterocycles. The van der Waals surface area contributed by atoms with Gasteiger partial charge in [-0.05, 0) is 41.3 Å². The molecule has 2 rings (SSSR count). The van der Waals surface area contributed by atoms with Gasteiger partial charge >= 0.3 is 5.38 Å². The smallest absolute Gasteiger partial charge is 0.338 e. The van der Waals surface area contributed by atoms with Crippen molar-refractivity contribution < 1.29 is 13.5 Å². The van der Waals surface area contributed by atoms with E-state index in [1.807, 2.05) is 11.5 Å². The fourth-order valence-corrected chi connectivity index (χ4v) is 2.68. The monoisotopic (exact) mass is 340 g/mol. The molecule has 7 heteroatoms. The standard InChI is InChI=1S/C11H12BrClF2N2O/c12-8-3-6-1-2-18-10(6)7(4-8)5-9(17-16)11(13,14)15/h3-4,9,17H,1-2,5,16H2. The topological polar surface area (TPSA) is 47.3 Å². The molecular formula is C11H12BrClF2N2O. The summed E-state index contributed by atoms with van der Waals surface area (Å²) in [7, 11) is 0. The second-order valence-electron chi connectivity index (χ2n) is 4.12. The van der Waals surface area contributed by atoms with Gasteiger partial charge in [-0.25, -0.2) is 5.43 Å². The van der Waals surface area contributed by atoms with Crippen molar-refractivity contribution in [2.75, 3.05) is 6.61 Å². The molecule has 0 saturated carbocycles. The predicted octanol–water partition coefficient (Wildman–Crippen LogP) is 2.59. The maximum atomic E-state index is 13.1. The molecule has 3 nitrogen and oxygen atoms in total. The van der Waals surface area contributed by atoms with Crippen LogP contribution in [0.15, 0.2) is 16.6 Å². The van der Waals surface area contributed by atoms with Gasteiger partial charge in [-0.15, -0.1) is 0 Å². The third kappa shape index (κ3) is 2.93. The first-order chi connectivity index (χ1) is 8.41. The molecule has 1 heterocycles. The molecule has 1 aliphatic rings. The molecule has 100 valence electrons. The summed E-state index contributed by atoms with van der Waals surface area (Å²) in [6.07, 6.45) is 0.772. The van der Waals surface area contributed by atoms with E-state index in [2.05, 4.69) is 15.9 Å². The molecule has 0 amide bonds. The van der Waals surface area contributed by atoms with Crippen LogP contribution >= 0.6 is 27.5 Å². The molecule has 3 N–H and O–H groups in total. The normalized spacial score (nSPS) is 16.3.